The summed E-state index contributed by atoms with van der Waals surface area (Å²) in [6.45, 7) is 6.70. The molecule has 16 heavy (non-hydrogen) atoms. The number of nitrogens with one attached hydrogen (secondary N) is 1. The van der Waals surface area contributed by atoms with Crippen molar-refractivity contribution in [2.75, 3.05) is 6.61 Å². The number of aliphatic hydroxyl groups excluding tert-OH is 1. The van der Waals surface area contributed by atoms with Crippen LogP contribution in [-0.2, 0) is 0 Å². The average Bonchev–Trinajstić information content (AvgIpc) is 2.63. The molecule has 1 aromatic heterocycles. The number of hydrogen-bond donors (Lipinski definition) is 2. The molecular weight excluding hydrogens is 286 g/mol. The van der Waals surface area contributed by atoms with E-state index in [9.17, 15) is 5.11 Å². The number of rotatable bonds is 6. The quantitative estimate of drug-likeness (QED) is 0.842. The summed E-state index contributed by atoms with van der Waals surface area (Å²) in [5, 5.41) is 14.9. The van der Waals surface area contributed by atoms with Gasteiger partial charge in [-0.2, -0.15) is 0 Å². The Balaban J connectivity index is 2.51. The van der Waals surface area contributed by atoms with E-state index < -0.39 is 0 Å². The third-order valence-corrected chi connectivity index (χ3v) is 4.35. The summed E-state index contributed by atoms with van der Waals surface area (Å²) in [5.41, 5.74) is 0. The number of halogens is 1. The van der Waals surface area contributed by atoms with E-state index in [4.69, 9.17) is 0 Å². The van der Waals surface area contributed by atoms with Crippen LogP contribution in [0.1, 0.15) is 38.1 Å². The SMILES string of the molecule is CC(C)CC(CO)NC(C)c1cc(Br)cs1. The van der Waals surface area contributed by atoms with Crippen LogP contribution in [0.25, 0.3) is 0 Å². The molecule has 1 aromatic rings. The van der Waals surface area contributed by atoms with E-state index in [0.29, 0.717) is 12.0 Å². The Kier molecular flexibility index (Phi) is 5.97. The molecule has 2 atom stereocenters. The molecule has 2 nitrogen and oxygen atoms in total. The van der Waals surface area contributed by atoms with Crippen LogP contribution in [0.4, 0.5) is 0 Å². The first kappa shape index (κ1) is 14.2. The highest BCUT2D eigenvalue weighted by Crippen LogP contribution is 2.25. The van der Waals surface area contributed by atoms with E-state index in [0.717, 1.165) is 10.9 Å². The Bertz CT molecular complexity index is 314. The van der Waals surface area contributed by atoms with Crippen molar-refractivity contribution in [3.8, 4) is 0 Å². The summed E-state index contributed by atoms with van der Waals surface area (Å²) in [7, 11) is 0. The van der Waals surface area contributed by atoms with Gasteiger partial charge in [0.1, 0.15) is 0 Å². The zero-order valence-corrected chi connectivity index (χ0v) is 12.4. The maximum absolute atomic E-state index is 9.31. The van der Waals surface area contributed by atoms with Crippen molar-refractivity contribution in [2.24, 2.45) is 5.92 Å². The number of thiophene rings is 1. The van der Waals surface area contributed by atoms with Crippen molar-refractivity contribution in [1.82, 2.24) is 5.32 Å². The fourth-order valence-corrected chi connectivity index (χ4v) is 3.22. The molecule has 4 heteroatoms. The van der Waals surface area contributed by atoms with Crippen molar-refractivity contribution >= 4 is 27.3 Å². The zero-order chi connectivity index (χ0) is 12.1. The van der Waals surface area contributed by atoms with Crippen LogP contribution in [0.3, 0.4) is 0 Å². The van der Waals surface area contributed by atoms with Gasteiger partial charge in [-0.1, -0.05) is 13.8 Å². The fraction of sp³-hybridized carbons (Fsp3) is 0.667. The predicted octanol–water partition coefficient (Wildman–Crippen LogP) is 3.57. The molecule has 0 saturated carbocycles. The average molecular weight is 306 g/mol. The van der Waals surface area contributed by atoms with Crippen LogP contribution in [0.5, 0.6) is 0 Å². The largest absolute Gasteiger partial charge is 0.395 e. The van der Waals surface area contributed by atoms with Gasteiger partial charge in [0.05, 0.1) is 6.61 Å². The fourth-order valence-electron chi connectivity index (χ4n) is 1.76. The van der Waals surface area contributed by atoms with E-state index in [1.807, 2.05) is 0 Å². The van der Waals surface area contributed by atoms with Crippen molar-refractivity contribution in [1.29, 1.82) is 0 Å². The Hall–Kier alpha value is 0.1000. The summed E-state index contributed by atoms with van der Waals surface area (Å²) >= 11 is 5.20. The maximum atomic E-state index is 9.31. The van der Waals surface area contributed by atoms with Gasteiger partial charge in [0, 0.05) is 26.8 Å². The lowest BCUT2D eigenvalue weighted by Gasteiger charge is -2.22. The molecule has 0 radical (unpaired) electrons. The molecule has 92 valence electrons. The van der Waals surface area contributed by atoms with E-state index in [-0.39, 0.29) is 12.6 Å². The van der Waals surface area contributed by atoms with Gasteiger partial charge in [-0.05, 0) is 41.3 Å². The first-order chi connectivity index (χ1) is 7.52. The van der Waals surface area contributed by atoms with Crippen molar-refractivity contribution in [2.45, 2.75) is 39.3 Å². The first-order valence-electron chi connectivity index (χ1n) is 5.63. The Morgan fingerprint density at radius 2 is 2.12 bits per heavy atom. The Labute approximate surface area is 110 Å². The van der Waals surface area contributed by atoms with Crippen LogP contribution in [0.2, 0.25) is 0 Å². The second-order valence-electron chi connectivity index (χ2n) is 4.56. The van der Waals surface area contributed by atoms with Crippen LogP contribution in [-0.4, -0.2) is 17.8 Å². The standard InChI is InChI=1S/C12H20BrNOS/c1-8(2)4-11(6-15)14-9(3)12-5-10(13)7-16-12/h5,7-9,11,14-15H,4,6H2,1-3H3. The van der Waals surface area contributed by atoms with Gasteiger partial charge in [-0.15, -0.1) is 11.3 Å². The van der Waals surface area contributed by atoms with Crippen molar-refractivity contribution in [3.63, 3.8) is 0 Å². The second kappa shape index (κ2) is 6.74. The number of hydrogen-bond acceptors (Lipinski definition) is 3. The molecule has 0 spiro atoms. The smallest absolute Gasteiger partial charge is 0.0584 e. The Morgan fingerprint density at radius 3 is 2.56 bits per heavy atom. The molecule has 1 rings (SSSR count). The highest BCUT2D eigenvalue weighted by atomic mass is 79.9. The Morgan fingerprint density at radius 1 is 1.44 bits per heavy atom. The molecule has 0 saturated heterocycles. The van der Waals surface area contributed by atoms with Crippen LogP contribution in [0, 0.1) is 5.92 Å². The minimum Gasteiger partial charge on any atom is -0.395 e. The van der Waals surface area contributed by atoms with Crippen LogP contribution >= 0.6 is 27.3 Å². The molecule has 0 fully saturated rings. The molecular formula is C12H20BrNOS. The summed E-state index contributed by atoms with van der Waals surface area (Å²) in [6, 6.07) is 2.62. The van der Waals surface area contributed by atoms with E-state index >= 15 is 0 Å². The molecule has 1 heterocycles. The summed E-state index contributed by atoms with van der Waals surface area (Å²) in [6.07, 6.45) is 1.01. The van der Waals surface area contributed by atoms with E-state index in [1.165, 1.54) is 4.88 Å². The van der Waals surface area contributed by atoms with Crippen LogP contribution < -0.4 is 5.32 Å². The monoisotopic (exact) mass is 305 g/mol. The lowest BCUT2D eigenvalue weighted by atomic mass is 10.0. The van der Waals surface area contributed by atoms with Gasteiger partial charge in [0.15, 0.2) is 0 Å². The third-order valence-electron chi connectivity index (χ3n) is 2.48. The molecule has 0 aromatic carbocycles. The van der Waals surface area contributed by atoms with Gasteiger partial charge in [0.25, 0.3) is 0 Å². The summed E-state index contributed by atoms with van der Waals surface area (Å²) < 4.78 is 1.13. The molecule has 0 aliphatic rings. The van der Waals surface area contributed by atoms with Crippen LogP contribution in [0.15, 0.2) is 15.9 Å². The van der Waals surface area contributed by atoms with Gasteiger partial charge in [0.2, 0.25) is 0 Å². The molecule has 0 aliphatic carbocycles. The highest BCUT2D eigenvalue weighted by molar-refractivity contribution is 9.10. The van der Waals surface area contributed by atoms with Crippen molar-refractivity contribution < 1.29 is 5.11 Å². The third kappa shape index (κ3) is 4.53. The zero-order valence-electron chi connectivity index (χ0n) is 10.0. The lowest BCUT2D eigenvalue weighted by molar-refractivity contribution is 0.216. The van der Waals surface area contributed by atoms with Gasteiger partial charge < -0.3 is 10.4 Å². The lowest BCUT2D eigenvalue weighted by Crippen LogP contribution is -2.35. The molecule has 0 amide bonds. The van der Waals surface area contributed by atoms with E-state index in [1.54, 1.807) is 11.3 Å². The predicted molar refractivity (Wildman–Crippen MR) is 73.9 cm³/mol. The maximum Gasteiger partial charge on any atom is 0.0584 e. The first-order valence-corrected chi connectivity index (χ1v) is 7.31. The minimum atomic E-state index is 0.191. The summed E-state index contributed by atoms with van der Waals surface area (Å²) in [5.74, 6) is 0.604. The van der Waals surface area contributed by atoms with E-state index in [2.05, 4.69) is 53.5 Å². The van der Waals surface area contributed by atoms with Crippen molar-refractivity contribution in [3.05, 3.63) is 20.8 Å². The second-order valence-corrected chi connectivity index (χ2v) is 6.42. The topological polar surface area (TPSA) is 32.3 Å². The van der Waals surface area contributed by atoms with Gasteiger partial charge in [-0.25, -0.2) is 0 Å². The highest BCUT2D eigenvalue weighted by Gasteiger charge is 2.15. The summed E-state index contributed by atoms with van der Waals surface area (Å²) in [4.78, 5) is 1.30. The number of aliphatic hydroxyl groups is 1. The molecule has 2 unspecified atom stereocenters. The minimum absolute atomic E-state index is 0.191. The molecule has 2 N–H and O–H groups in total. The normalized spacial score (nSPS) is 15.4. The molecule has 0 aliphatic heterocycles. The van der Waals surface area contributed by atoms with Gasteiger partial charge >= 0.3 is 0 Å². The van der Waals surface area contributed by atoms with Gasteiger partial charge in [-0.3, -0.25) is 0 Å². The molecule has 0 bridgehead atoms.